The van der Waals surface area contributed by atoms with Crippen LogP contribution in [0, 0.1) is 0 Å². The minimum Gasteiger partial charge on any atom is -0.465 e. The van der Waals surface area contributed by atoms with E-state index >= 15 is 0 Å². The molecule has 0 amide bonds. The molecule has 5 heteroatoms. The fraction of sp³-hybridized carbons (Fsp3) is 0.200. The maximum atomic E-state index is 12.2. The molecule has 1 heterocycles. The Morgan fingerprint density at radius 1 is 1.15 bits per heavy atom. The third kappa shape index (κ3) is 3.48. The quantitative estimate of drug-likeness (QED) is 0.628. The van der Waals surface area contributed by atoms with E-state index in [-0.39, 0.29) is 18.3 Å². The van der Waals surface area contributed by atoms with Gasteiger partial charge in [0.05, 0.1) is 6.61 Å². The van der Waals surface area contributed by atoms with Gasteiger partial charge >= 0.3 is 5.97 Å². The number of aromatic nitrogens is 1. The number of ether oxygens (including phenoxy) is 1. The van der Waals surface area contributed by atoms with Crippen molar-refractivity contribution < 1.29 is 14.3 Å². The summed E-state index contributed by atoms with van der Waals surface area (Å²) in [7, 11) is 0. The molecule has 0 radical (unpaired) electrons. The zero-order chi connectivity index (χ0) is 14.5. The molecular formula is C15H14ClNO3. The maximum Gasteiger partial charge on any atom is 0.325 e. The van der Waals surface area contributed by atoms with Gasteiger partial charge in [0.1, 0.15) is 6.54 Å². The molecule has 1 aromatic carbocycles. The Kier molecular flexibility index (Phi) is 4.58. The topological polar surface area (TPSA) is 48.3 Å². The highest BCUT2D eigenvalue weighted by atomic mass is 35.5. The molecular weight excluding hydrogens is 278 g/mol. The monoisotopic (exact) mass is 291 g/mol. The Balaban J connectivity index is 2.10. The van der Waals surface area contributed by atoms with E-state index in [1.165, 1.54) is 0 Å². The van der Waals surface area contributed by atoms with Crippen LogP contribution in [-0.4, -0.2) is 22.9 Å². The zero-order valence-electron chi connectivity index (χ0n) is 11.0. The maximum absolute atomic E-state index is 12.2. The summed E-state index contributed by atoms with van der Waals surface area (Å²) >= 11 is 5.79. The van der Waals surface area contributed by atoms with Gasteiger partial charge in [-0.05, 0) is 37.3 Å². The SMILES string of the molecule is CCOC(=O)Cn1ccc(C(=O)c2ccc(Cl)cc2)c1. The first-order valence-electron chi connectivity index (χ1n) is 6.22. The number of benzene rings is 1. The Hall–Kier alpha value is -2.07. The summed E-state index contributed by atoms with van der Waals surface area (Å²) in [5.41, 5.74) is 1.08. The van der Waals surface area contributed by atoms with Gasteiger partial charge in [-0.2, -0.15) is 0 Å². The second kappa shape index (κ2) is 6.39. The van der Waals surface area contributed by atoms with Crippen LogP contribution in [-0.2, 0) is 16.1 Å². The predicted molar refractivity (Wildman–Crippen MR) is 75.9 cm³/mol. The molecule has 0 aliphatic rings. The van der Waals surface area contributed by atoms with E-state index < -0.39 is 0 Å². The third-order valence-electron chi connectivity index (χ3n) is 2.74. The van der Waals surface area contributed by atoms with E-state index in [0.717, 1.165) is 0 Å². The van der Waals surface area contributed by atoms with E-state index in [4.69, 9.17) is 16.3 Å². The first kappa shape index (κ1) is 14.3. The van der Waals surface area contributed by atoms with Gasteiger partial charge in [0.15, 0.2) is 5.78 Å². The van der Waals surface area contributed by atoms with Gasteiger partial charge in [-0.3, -0.25) is 9.59 Å². The second-order valence-electron chi connectivity index (χ2n) is 4.21. The normalized spacial score (nSPS) is 10.3. The standard InChI is InChI=1S/C15H14ClNO3/c1-2-20-14(18)10-17-8-7-12(9-17)15(19)11-3-5-13(16)6-4-11/h3-9H,2,10H2,1H3. The lowest BCUT2D eigenvalue weighted by atomic mass is 10.1. The fourth-order valence-corrected chi connectivity index (χ4v) is 1.92. The van der Waals surface area contributed by atoms with Crippen molar-refractivity contribution in [2.75, 3.05) is 6.61 Å². The van der Waals surface area contributed by atoms with Crippen molar-refractivity contribution in [1.29, 1.82) is 0 Å². The van der Waals surface area contributed by atoms with Crippen molar-refractivity contribution in [1.82, 2.24) is 4.57 Å². The lowest BCUT2D eigenvalue weighted by Gasteiger charge is -2.02. The number of carbonyl (C=O) groups is 2. The molecule has 0 unspecified atom stereocenters. The molecule has 0 N–H and O–H groups in total. The first-order valence-corrected chi connectivity index (χ1v) is 6.59. The molecule has 0 spiro atoms. The smallest absolute Gasteiger partial charge is 0.325 e. The van der Waals surface area contributed by atoms with Gasteiger partial charge in [0, 0.05) is 28.5 Å². The molecule has 1 aromatic heterocycles. The van der Waals surface area contributed by atoms with E-state index in [0.29, 0.717) is 22.8 Å². The summed E-state index contributed by atoms with van der Waals surface area (Å²) in [6, 6.07) is 8.37. The van der Waals surface area contributed by atoms with Crippen LogP contribution in [0.2, 0.25) is 5.02 Å². The van der Waals surface area contributed by atoms with E-state index in [1.807, 2.05) is 0 Å². The number of ketones is 1. The highest BCUT2D eigenvalue weighted by molar-refractivity contribution is 6.30. The van der Waals surface area contributed by atoms with Gasteiger partial charge in [-0.25, -0.2) is 0 Å². The molecule has 0 aliphatic heterocycles. The van der Waals surface area contributed by atoms with Crippen LogP contribution in [0.1, 0.15) is 22.8 Å². The van der Waals surface area contributed by atoms with Crippen LogP contribution in [0.15, 0.2) is 42.7 Å². The number of rotatable bonds is 5. The van der Waals surface area contributed by atoms with Crippen LogP contribution < -0.4 is 0 Å². The fourth-order valence-electron chi connectivity index (χ4n) is 1.80. The molecule has 2 aromatic rings. The van der Waals surface area contributed by atoms with E-state index in [1.54, 1.807) is 54.2 Å². The average molecular weight is 292 g/mol. The second-order valence-corrected chi connectivity index (χ2v) is 4.65. The molecule has 0 aliphatic carbocycles. The molecule has 0 bridgehead atoms. The van der Waals surface area contributed by atoms with Crippen molar-refractivity contribution in [3.05, 3.63) is 58.9 Å². The summed E-state index contributed by atoms with van der Waals surface area (Å²) in [6.45, 7) is 2.20. The lowest BCUT2D eigenvalue weighted by molar-refractivity contribution is -0.143. The summed E-state index contributed by atoms with van der Waals surface area (Å²) in [5, 5.41) is 0.585. The molecule has 0 saturated heterocycles. The highest BCUT2D eigenvalue weighted by Gasteiger charge is 2.11. The van der Waals surface area contributed by atoms with Gasteiger partial charge in [-0.15, -0.1) is 0 Å². The van der Waals surface area contributed by atoms with Gasteiger partial charge in [0.25, 0.3) is 0 Å². The minimum atomic E-state index is -0.325. The Labute approximate surface area is 121 Å². The summed E-state index contributed by atoms with van der Waals surface area (Å²) in [5.74, 6) is -0.433. The Bertz CT molecular complexity index is 616. The molecule has 4 nitrogen and oxygen atoms in total. The first-order chi connectivity index (χ1) is 9.60. The van der Waals surface area contributed by atoms with Crippen molar-refractivity contribution >= 4 is 23.4 Å². The number of esters is 1. The number of halogens is 1. The summed E-state index contributed by atoms with van der Waals surface area (Å²) < 4.78 is 6.48. The largest absolute Gasteiger partial charge is 0.465 e. The Morgan fingerprint density at radius 3 is 2.50 bits per heavy atom. The lowest BCUT2D eigenvalue weighted by Crippen LogP contribution is -2.12. The van der Waals surface area contributed by atoms with Crippen molar-refractivity contribution in [2.45, 2.75) is 13.5 Å². The third-order valence-corrected chi connectivity index (χ3v) is 2.99. The molecule has 0 fully saturated rings. The summed E-state index contributed by atoms with van der Waals surface area (Å²) in [4.78, 5) is 23.6. The van der Waals surface area contributed by atoms with Crippen LogP contribution in [0.5, 0.6) is 0 Å². The van der Waals surface area contributed by atoms with Gasteiger partial charge < -0.3 is 9.30 Å². The number of hydrogen-bond donors (Lipinski definition) is 0. The van der Waals surface area contributed by atoms with Crippen molar-refractivity contribution in [2.24, 2.45) is 0 Å². The average Bonchev–Trinajstić information content (AvgIpc) is 2.87. The number of hydrogen-bond acceptors (Lipinski definition) is 3. The van der Waals surface area contributed by atoms with Crippen LogP contribution in [0.4, 0.5) is 0 Å². The minimum absolute atomic E-state index is 0.0989. The van der Waals surface area contributed by atoms with Crippen molar-refractivity contribution in [3.63, 3.8) is 0 Å². The highest BCUT2D eigenvalue weighted by Crippen LogP contribution is 2.14. The summed E-state index contributed by atoms with van der Waals surface area (Å²) in [6.07, 6.45) is 3.31. The van der Waals surface area contributed by atoms with E-state index in [9.17, 15) is 9.59 Å². The molecule has 0 atom stereocenters. The van der Waals surface area contributed by atoms with Crippen LogP contribution >= 0.6 is 11.6 Å². The zero-order valence-corrected chi connectivity index (χ0v) is 11.8. The van der Waals surface area contributed by atoms with Crippen molar-refractivity contribution in [3.8, 4) is 0 Å². The number of nitrogens with zero attached hydrogens (tertiary/aromatic N) is 1. The van der Waals surface area contributed by atoms with E-state index in [2.05, 4.69) is 0 Å². The molecule has 2 rings (SSSR count). The predicted octanol–water partition coefficient (Wildman–Crippen LogP) is 2.94. The van der Waals surface area contributed by atoms with Crippen LogP contribution in [0.3, 0.4) is 0 Å². The Morgan fingerprint density at radius 2 is 1.85 bits per heavy atom. The molecule has 0 saturated carbocycles. The van der Waals surface area contributed by atoms with Gasteiger partial charge in [-0.1, -0.05) is 11.6 Å². The number of carbonyl (C=O) groups excluding carboxylic acids is 2. The molecule has 20 heavy (non-hydrogen) atoms. The van der Waals surface area contributed by atoms with Crippen LogP contribution in [0.25, 0.3) is 0 Å². The molecule has 104 valence electrons. The van der Waals surface area contributed by atoms with Gasteiger partial charge in [0.2, 0.25) is 0 Å².